The van der Waals surface area contributed by atoms with Crippen molar-refractivity contribution in [3.63, 3.8) is 0 Å². The third-order valence-corrected chi connectivity index (χ3v) is 7.15. The fraction of sp³-hybridized carbons (Fsp3) is 0.280. The van der Waals surface area contributed by atoms with Gasteiger partial charge in [0.05, 0.1) is 20.3 Å². The largest absolute Gasteiger partial charge is 0.507 e. The quantitative estimate of drug-likeness (QED) is 0.339. The Morgan fingerprint density at radius 1 is 0.971 bits per heavy atom. The number of nitrogens with two attached hydrogens (primary N) is 2. The third-order valence-electron chi connectivity index (χ3n) is 5.86. The molecule has 0 amide bonds. The molecule has 3 atom stereocenters. The molecular formula is C25H30N2O6S. The van der Waals surface area contributed by atoms with E-state index in [2.05, 4.69) is 0 Å². The molecule has 182 valence electrons. The van der Waals surface area contributed by atoms with Gasteiger partial charge in [-0.05, 0) is 42.7 Å². The Morgan fingerprint density at radius 2 is 1.62 bits per heavy atom. The topological polar surface area (TPSA) is 145 Å². The van der Waals surface area contributed by atoms with E-state index in [0.717, 1.165) is 5.56 Å². The van der Waals surface area contributed by atoms with Gasteiger partial charge in [0.25, 0.3) is 0 Å². The van der Waals surface area contributed by atoms with Crippen LogP contribution in [-0.4, -0.2) is 32.9 Å². The van der Waals surface area contributed by atoms with Gasteiger partial charge in [0.15, 0.2) is 11.5 Å². The summed E-state index contributed by atoms with van der Waals surface area (Å²) in [7, 11) is -1.18. The number of phenols is 1. The Labute approximate surface area is 199 Å². The lowest BCUT2D eigenvalue weighted by atomic mass is 9.85. The Bertz CT molecular complexity index is 1250. The summed E-state index contributed by atoms with van der Waals surface area (Å²) in [6.45, 7) is 1.44. The van der Waals surface area contributed by atoms with Crippen LogP contribution in [0, 0.1) is 0 Å². The smallest absolute Gasteiger partial charge is 0.216 e. The summed E-state index contributed by atoms with van der Waals surface area (Å²) >= 11 is 0. The van der Waals surface area contributed by atoms with E-state index in [9.17, 15) is 18.6 Å². The lowest BCUT2D eigenvalue weighted by molar-refractivity contribution is 0.195. The van der Waals surface area contributed by atoms with Crippen molar-refractivity contribution in [2.45, 2.75) is 30.6 Å². The molecule has 6 N–H and O–H groups in total. The van der Waals surface area contributed by atoms with Gasteiger partial charge in [-0.1, -0.05) is 42.5 Å². The molecule has 0 radical (unpaired) electrons. The average Bonchev–Trinajstić information content (AvgIpc) is 2.79. The van der Waals surface area contributed by atoms with Gasteiger partial charge in [-0.2, -0.15) is 0 Å². The number of nitrogen functional groups attached to an aromatic ring is 1. The number of hydrogen-bond donors (Lipinski definition) is 4. The number of ether oxygens (including phenoxy) is 2. The van der Waals surface area contributed by atoms with Crippen LogP contribution in [0.2, 0.25) is 0 Å². The minimum atomic E-state index is -4.23. The van der Waals surface area contributed by atoms with E-state index in [1.54, 1.807) is 24.3 Å². The van der Waals surface area contributed by atoms with Crippen LogP contribution >= 0.6 is 0 Å². The number of methoxy groups -OCH3 is 2. The number of benzene rings is 3. The lowest BCUT2D eigenvalue weighted by Crippen LogP contribution is -2.28. The first kappa shape index (κ1) is 25.4. The van der Waals surface area contributed by atoms with Gasteiger partial charge in [-0.15, -0.1) is 0 Å². The molecule has 34 heavy (non-hydrogen) atoms. The molecule has 0 aliphatic heterocycles. The van der Waals surface area contributed by atoms with Crippen LogP contribution < -0.4 is 20.3 Å². The number of primary sulfonamides is 1. The molecule has 8 nitrogen and oxygen atoms in total. The van der Waals surface area contributed by atoms with Crippen LogP contribution in [0.5, 0.6) is 17.2 Å². The van der Waals surface area contributed by atoms with E-state index in [1.807, 2.05) is 24.3 Å². The molecule has 0 bridgehead atoms. The summed E-state index contributed by atoms with van der Waals surface area (Å²) in [6.07, 6.45) is -0.846. The molecule has 3 rings (SSSR count). The molecule has 0 saturated heterocycles. The van der Waals surface area contributed by atoms with Gasteiger partial charge in [-0.25, -0.2) is 13.6 Å². The van der Waals surface area contributed by atoms with Crippen molar-refractivity contribution in [3.05, 3.63) is 82.9 Å². The number of phenolic OH excluding ortho intramolecular Hbond substituents is 1. The summed E-state index contributed by atoms with van der Waals surface area (Å²) in [4.78, 5) is 0. The molecule has 0 heterocycles. The number of hydrogen-bond acceptors (Lipinski definition) is 7. The van der Waals surface area contributed by atoms with Gasteiger partial charge in [0, 0.05) is 22.7 Å². The predicted molar refractivity (Wildman–Crippen MR) is 131 cm³/mol. The normalized spacial score (nSPS) is 14.3. The van der Waals surface area contributed by atoms with E-state index in [1.165, 1.54) is 33.3 Å². The number of aliphatic hydroxyl groups excluding tert-OH is 1. The average molecular weight is 487 g/mol. The second kappa shape index (κ2) is 10.3. The van der Waals surface area contributed by atoms with Crippen LogP contribution in [0.1, 0.15) is 46.4 Å². The Morgan fingerprint density at radius 3 is 2.18 bits per heavy atom. The predicted octanol–water partition coefficient (Wildman–Crippen LogP) is 3.40. The summed E-state index contributed by atoms with van der Waals surface area (Å²) in [5.74, 6) is -0.0121. The van der Waals surface area contributed by atoms with Gasteiger partial charge >= 0.3 is 0 Å². The van der Waals surface area contributed by atoms with Crippen LogP contribution in [0.15, 0.2) is 60.7 Å². The van der Waals surface area contributed by atoms with Crippen molar-refractivity contribution < 1.29 is 28.1 Å². The molecule has 0 fully saturated rings. The van der Waals surface area contributed by atoms with Gasteiger partial charge in [-0.3, -0.25) is 0 Å². The third kappa shape index (κ3) is 5.27. The Balaban J connectivity index is 2.22. The monoisotopic (exact) mass is 486 g/mol. The van der Waals surface area contributed by atoms with Crippen molar-refractivity contribution in [1.29, 1.82) is 0 Å². The first-order valence-electron chi connectivity index (χ1n) is 10.6. The number of aromatic hydroxyl groups is 1. The number of rotatable bonds is 9. The zero-order valence-corrected chi connectivity index (χ0v) is 20.1. The van der Waals surface area contributed by atoms with E-state index < -0.39 is 27.3 Å². The van der Waals surface area contributed by atoms with Crippen LogP contribution in [0.4, 0.5) is 5.69 Å². The van der Waals surface area contributed by atoms with Crippen molar-refractivity contribution in [1.82, 2.24) is 0 Å². The summed E-state index contributed by atoms with van der Waals surface area (Å²) in [5.41, 5.74) is 7.73. The molecule has 3 aromatic rings. The summed E-state index contributed by atoms with van der Waals surface area (Å²) < 4.78 is 36.7. The lowest BCUT2D eigenvalue weighted by Gasteiger charge is -2.28. The minimum absolute atomic E-state index is 0.0593. The minimum Gasteiger partial charge on any atom is -0.507 e. The van der Waals surface area contributed by atoms with Gasteiger partial charge in [0.2, 0.25) is 10.0 Å². The number of sulfonamides is 1. The van der Waals surface area contributed by atoms with Crippen LogP contribution in [0.3, 0.4) is 0 Å². The van der Waals surface area contributed by atoms with E-state index >= 15 is 0 Å². The molecule has 0 aromatic heterocycles. The molecule has 0 aliphatic carbocycles. The highest BCUT2D eigenvalue weighted by Crippen LogP contribution is 2.45. The van der Waals surface area contributed by atoms with Gasteiger partial charge in [0.1, 0.15) is 11.0 Å². The highest BCUT2D eigenvalue weighted by atomic mass is 32.2. The number of anilines is 1. The summed E-state index contributed by atoms with van der Waals surface area (Å²) in [5, 5.41) is 25.6. The first-order chi connectivity index (χ1) is 16.1. The van der Waals surface area contributed by atoms with E-state index in [-0.39, 0.29) is 29.0 Å². The number of aliphatic hydroxyl groups is 1. The first-order valence-corrected chi connectivity index (χ1v) is 12.3. The standard InChI is InChI=1S/C25H30N2O6S/c1-15(28)23-20(26)11-10-18(24(23)29)25(34(27,30)31)19(17-7-5-4-6-8-17)13-16-9-12-21(32-2)22(14-16)33-3/h4-12,14-15,19,25,28-29H,13,26H2,1-3H3,(H2,27,30,31). The Kier molecular flexibility index (Phi) is 7.71. The fourth-order valence-corrected chi connectivity index (χ4v) is 5.55. The molecule has 0 spiro atoms. The summed E-state index contributed by atoms with van der Waals surface area (Å²) in [6, 6.07) is 17.3. The molecule has 3 unspecified atom stereocenters. The molecule has 0 saturated carbocycles. The molecule has 9 heteroatoms. The fourth-order valence-electron chi connectivity index (χ4n) is 4.29. The highest BCUT2D eigenvalue weighted by molar-refractivity contribution is 7.89. The van der Waals surface area contributed by atoms with E-state index in [0.29, 0.717) is 17.1 Å². The van der Waals surface area contributed by atoms with Crippen molar-refractivity contribution >= 4 is 15.7 Å². The van der Waals surface area contributed by atoms with Gasteiger partial charge < -0.3 is 25.4 Å². The maximum atomic E-state index is 13.0. The highest BCUT2D eigenvalue weighted by Gasteiger charge is 2.37. The SMILES string of the molecule is COc1ccc(CC(c2ccccc2)C(c2ccc(N)c(C(C)O)c2O)S(N)(=O)=O)cc1OC. The van der Waals surface area contributed by atoms with Crippen LogP contribution in [0.25, 0.3) is 0 Å². The molecular weight excluding hydrogens is 456 g/mol. The second-order valence-corrected chi connectivity index (χ2v) is 9.79. The van der Waals surface area contributed by atoms with Crippen molar-refractivity contribution in [2.24, 2.45) is 5.14 Å². The Hall–Kier alpha value is -3.27. The molecule has 3 aromatic carbocycles. The molecule has 0 aliphatic rings. The maximum Gasteiger partial charge on any atom is 0.216 e. The second-order valence-electron chi connectivity index (χ2n) is 8.10. The zero-order chi connectivity index (χ0) is 25.0. The van der Waals surface area contributed by atoms with Crippen molar-refractivity contribution in [3.8, 4) is 17.2 Å². The van der Waals surface area contributed by atoms with Crippen molar-refractivity contribution in [2.75, 3.05) is 20.0 Å². The van der Waals surface area contributed by atoms with E-state index in [4.69, 9.17) is 20.3 Å². The van der Waals surface area contributed by atoms with Crippen LogP contribution in [-0.2, 0) is 16.4 Å². The maximum absolute atomic E-state index is 13.0. The zero-order valence-electron chi connectivity index (χ0n) is 19.3.